The van der Waals surface area contributed by atoms with Crippen molar-refractivity contribution in [3.05, 3.63) is 68.6 Å². The van der Waals surface area contributed by atoms with E-state index in [9.17, 15) is 0 Å². The van der Waals surface area contributed by atoms with Crippen LogP contribution in [-0.2, 0) is 0 Å². The lowest BCUT2D eigenvalue weighted by Gasteiger charge is -2.34. The standard InChI is InChI=1S/C22H26Br2/c1-21(2,3)19(15-7-11-17(23)12-8-15)20(22(4,5)6)16-9-13-18(24)14-10-16/h7-14H,1-6H3/b20-19-. The van der Waals surface area contributed by atoms with Crippen molar-refractivity contribution in [2.75, 3.05) is 0 Å². The normalized spacial score (nSPS) is 13.7. The van der Waals surface area contributed by atoms with Crippen molar-refractivity contribution in [2.45, 2.75) is 41.5 Å². The summed E-state index contributed by atoms with van der Waals surface area (Å²) in [5.74, 6) is 0. The molecule has 0 fully saturated rings. The highest BCUT2D eigenvalue weighted by atomic mass is 79.9. The molecule has 24 heavy (non-hydrogen) atoms. The van der Waals surface area contributed by atoms with Crippen LogP contribution in [0.5, 0.6) is 0 Å². The van der Waals surface area contributed by atoms with E-state index in [0.29, 0.717) is 0 Å². The molecule has 2 heteroatoms. The van der Waals surface area contributed by atoms with E-state index in [-0.39, 0.29) is 10.8 Å². The molecule has 0 saturated carbocycles. The Labute approximate surface area is 163 Å². The summed E-state index contributed by atoms with van der Waals surface area (Å²) in [6.07, 6.45) is 0. The Bertz CT molecular complexity index is 656. The molecule has 0 unspecified atom stereocenters. The van der Waals surface area contributed by atoms with E-state index in [1.54, 1.807) is 0 Å². The van der Waals surface area contributed by atoms with Gasteiger partial charge in [0.05, 0.1) is 0 Å². The molecule has 0 atom stereocenters. The van der Waals surface area contributed by atoms with Crippen LogP contribution in [0, 0.1) is 10.8 Å². The molecule has 0 N–H and O–H groups in total. The first-order valence-corrected chi connectivity index (χ1v) is 9.86. The van der Waals surface area contributed by atoms with Crippen molar-refractivity contribution in [2.24, 2.45) is 10.8 Å². The zero-order valence-corrected chi connectivity index (χ0v) is 18.5. The fraction of sp³-hybridized carbons (Fsp3) is 0.364. The summed E-state index contributed by atoms with van der Waals surface area (Å²) in [6, 6.07) is 17.4. The number of hydrogen-bond donors (Lipinski definition) is 0. The van der Waals surface area contributed by atoms with E-state index in [2.05, 4.69) is 122 Å². The quantitative estimate of drug-likeness (QED) is 0.405. The van der Waals surface area contributed by atoms with Gasteiger partial charge in [0.1, 0.15) is 0 Å². The Morgan fingerprint density at radius 1 is 0.542 bits per heavy atom. The van der Waals surface area contributed by atoms with Gasteiger partial charge in [-0.15, -0.1) is 0 Å². The second kappa shape index (κ2) is 7.17. The zero-order valence-electron chi connectivity index (χ0n) is 15.4. The van der Waals surface area contributed by atoms with Gasteiger partial charge < -0.3 is 0 Å². The minimum atomic E-state index is 0.0452. The van der Waals surface area contributed by atoms with Gasteiger partial charge in [0, 0.05) is 8.95 Å². The van der Waals surface area contributed by atoms with Crippen LogP contribution < -0.4 is 0 Å². The molecule has 0 amide bonds. The molecule has 0 heterocycles. The molecule has 2 aromatic rings. The Morgan fingerprint density at radius 3 is 1.00 bits per heavy atom. The molecule has 0 aliphatic heterocycles. The number of benzene rings is 2. The number of allylic oxidation sites excluding steroid dienone is 2. The van der Waals surface area contributed by atoms with Gasteiger partial charge in [0.2, 0.25) is 0 Å². The van der Waals surface area contributed by atoms with E-state index in [4.69, 9.17) is 0 Å². The van der Waals surface area contributed by atoms with Crippen LogP contribution in [0.3, 0.4) is 0 Å². The average molecular weight is 450 g/mol. The minimum Gasteiger partial charge on any atom is -0.0560 e. The predicted molar refractivity (Wildman–Crippen MR) is 114 cm³/mol. The molecule has 0 spiro atoms. The Morgan fingerprint density at radius 2 is 0.792 bits per heavy atom. The summed E-state index contributed by atoms with van der Waals surface area (Å²) in [6.45, 7) is 13.8. The summed E-state index contributed by atoms with van der Waals surface area (Å²) in [7, 11) is 0. The third-order valence-corrected chi connectivity index (χ3v) is 5.07. The van der Waals surface area contributed by atoms with Crippen molar-refractivity contribution in [1.82, 2.24) is 0 Å². The summed E-state index contributed by atoms with van der Waals surface area (Å²) in [4.78, 5) is 0. The Kier molecular flexibility index (Phi) is 5.82. The van der Waals surface area contributed by atoms with E-state index < -0.39 is 0 Å². The largest absolute Gasteiger partial charge is 0.0560 e. The number of rotatable bonds is 2. The molecule has 0 aliphatic carbocycles. The Hall–Kier alpha value is -0.860. The molecule has 0 bridgehead atoms. The Balaban J connectivity index is 2.83. The maximum Gasteiger partial charge on any atom is 0.0175 e. The lowest BCUT2D eigenvalue weighted by molar-refractivity contribution is 0.534. The van der Waals surface area contributed by atoms with Crippen LogP contribution in [0.4, 0.5) is 0 Å². The van der Waals surface area contributed by atoms with Crippen molar-refractivity contribution >= 4 is 43.0 Å². The lowest BCUT2D eigenvalue weighted by Crippen LogP contribution is -2.18. The second-order valence-electron chi connectivity index (χ2n) is 8.26. The van der Waals surface area contributed by atoms with Gasteiger partial charge in [-0.1, -0.05) is 97.7 Å². The summed E-state index contributed by atoms with van der Waals surface area (Å²) in [5.41, 5.74) is 5.49. The molecule has 2 rings (SSSR count). The van der Waals surface area contributed by atoms with Gasteiger partial charge in [-0.3, -0.25) is 0 Å². The summed E-state index contributed by atoms with van der Waals surface area (Å²) < 4.78 is 2.22. The lowest BCUT2D eigenvalue weighted by atomic mass is 9.70. The molecule has 0 radical (unpaired) electrons. The van der Waals surface area contributed by atoms with Crippen molar-refractivity contribution in [3.63, 3.8) is 0 Å². The summed E-state index contributed by atoms with van der Waals surface area (Å²) >= 11 is 7.11. The SMILES string of the molecule is CC(C)(C)/C(=C(/c1ccc(Br)cc1)C(C)(C)C)c1ccc(Br)cc1. The van der Waals surface area contributed by atoms with Gasteiger partial charge in [0.25, 0.3) is 0 Å². The minimum absolute atomic E-state index is 0.0452. The van der Waals surface area contributed by atoms with E-state index in [0.717, 1.165) is 8.95 Å². The van der Waals surface area contributed by atoms with Crippen LogP contribution in [-0.4, -0.2) is 0 Å². The van der Waals surface area contributed by atoms with E-state index in [1.807, 2.05) is 0 Å². The van der Waals surface area contributed by atoms with Crippen LogP contribution in [0.15, 0.2) is 57.5 Å². The molecule has 0 aromatic heterocycles. The van der Waals surface area contributed by atoms with Gasteiger partial charge in [0.15, 0.2) is 0 Å². The fourth-order valence-electron chi connectivity index (χ4n) is 3.14. The highest BCUT2D eigenvalue weighted by Crippen LogP contribution is 2.47. The first-order chi connectivity index (χ1) is 11.0. The van der Waals surface area contributed by atoms with Gasteiger partial charge in [-0.25, -0.2) is 0 Å². The monoisotopic (exact) mass is 448 g/mol. The molecule has 128 valence electrons. The third-order valence-electron chi connectivity index (χ3n) is 4.02. The average Bonchev–Trinajstić information content (AvgIpc) is 2.45. The van der Waals surface area contributed by atoms with Gasteiger partial charge in [-0.2, -0.15) is 0 Å². The highest BCUT2D eigenvalue weighted by Gasteiger charge is 2.30. The molecule has 0 saturated heterocycles. The second-order valence-corrected chi connectivity index (χ2v) is 10.1. The molecule has 2 aromatic carbocycles. The molecular weight excluding hydrogens is 424 g/mol. The van der Waals surface area contributed by atoms with E-state index in [1.165, 1.54) is 22.3 Å². The predicted octanol–water partition coefficient (Wildman–Crippen LogP) is 8.21. The number of halogens is 2. The molecular formula is C22H26Br2. The maximum atomic E-state index is 3.55. The van der Waals surface area contributed by atoms with Crippen LogP contribution in [0.2, 0.25) is 0 Å². The topological polar surface area (TPSA) is 0 Å². The van der Waals surface area contributed by atoms with Gasteiger partial charge in [-0.05, 0) is 57.4 Å². The third kappa shape index (κ3) is 4.61. The number of hydrogen-bond acceptors (Lipinski definition) is 0. The maximum absolute atomic E-state index is 3.55. The van der Waals surface area contributed by atoms with Crippen LogP contribution >= 0.6 is 31.9 Å². The van der Waals surface area contributed by atoms with Crippen molar-refractivity contribution < 1.29 is 0 Å². The van der Waals surface area contributed by atoms with Crippen LogP contribution in [0.1, 0.15) is 52.7 Å². The van der Waals surface area contributed by atoms with Gasteiger partial charge >= 0.3 is 0 Å². The first kappa shape index (κ1) is 19.5. The smallest absolute Gasteiger partial charge is 0.0175 e. The zero-order chi connectivity index (χ0) is 18.1. The van der Waals surface area contributed by atoms with Crippen LogP contribution in [0.25, 0.3) is 11.1 Å². The molecule has 0 aliphatic rings. The molecule has 0 nitrogen and oxygen atoms in total. The fourth-order valence-corrected chi connectivity index (χ4v) is 3.67. The van der Waals surface area contributed by atoms with Crippen molar-refractivity contribution in [1.29, 1.82) is 0 Å². The first-order valence-electron chi connectivity index (χ1n) is 8.27. The summed E-state index contributed by atoms with van der Waals surface area (Å²) in [5, 5.41) is 0. The highest BCUT2D eigenvalue weighted by molar-refractivity contribution is 9.10. The van der Waals surface area contributed by atoms with E-state index >= 15 is 0 Å². The van der Waals surface area contributed by atoms with Crippen molar-refractivity contribution in [3.8, 4) is 0 Å².